The minimum atomic E-state index is -0.969. The quantitative estimate of drug-likeness (QED) is 0.721. The van der Waals surface area contributed by atoms with Crippen LogP contribution in [-0.2, 0) is 14.3 Å². The third-order valence-electron chi connectivity index (χ3n) is 2.51. The summed E-state index contributed by atoms with van der Waals surface area (Å²) in [4.78, 5) is 24.0. The first-order valence-electron chi connectivity index (χ1n) is 6.00. The van der Waals surface area contributed by atoms with Crippen molar-refractivity contribution in [1.29, 1.82) is 0 Å². The first-order chi connectivity index (χ1) is 9.06. The van der Waals surface area contributed by atoms with Gasteiger partial charge in [-0.15, -0.1) is 0 Å². The number of carbonyl (C=O) groups is 2. The molecule has 0 heterocycles. The Bertz CT molecular complexity index is 448. The Morgan fingerprint density at radius 1 is 1.37 bits per heavy atom. The lowest BCUT2D eigenvalue weighted by Crippen LogP contribution is -2.36. The van der Waals surface area contributed by atoms with Crippen molar-refractivity contribution >= 4 is 23.3 Å². The molecule has 0 spiro atoms. The summed E-state index contributed by atoms with van der Waals surface area (Å²) in [6.07, 6.45) is -0.147. The number of benzene rings is 1. The van der Waals surface area contributed by atoms with Crippen molar-refractivity contribution in [2.24, 2.45) is 0 Å². The number of para-hydroxylation sites is 2. The number of rotatable bonds is 7. The van der Waals surface area contributed by atoms with Gasteiger partial charge in [0, 0.05) is 13.2 Å². The van der Waals surface area contributed by atoms with Crippen LogP contribution in [0.15, 0.2) is 24.3 Å². The van der Waals surface area contributed by atoms with Crippen LogP contribution in [0.2, 0.25) is 0 Å². The summed E-state index contributed by atoms with van der Waals surface area (Å²) in [5.41, 5.74) is 6.75. The zero-order chi connectivity index (χ0) is 14.3. The predicted molar refractivity (Wildman–Crippen MR) is 72.0 cm³/mol. The van der Waals surface area contributed by atoms with Crippen LogP contribution in [-0.4, -0.2) is 36.7 Å². The number of amides is 1. The van der Waals surface area contributed by atoms with E-state index >= 15 is 0 Å². The van der Waals surface area contributed by atoms with Crippen LogP contribution in [0, 0.1) is 0 Å². The van der Waals surface area contributed by atoms with Crippen LogP contribution in [0.5, 0.6) is 0 Å². The number of nitrogen functional groups attached to an aromatic ring is 1. The second-order valence-electron chi connectivity index (χ2n) is 3.89. The van der Waals surface area contributed by atoms with E-state index in [2.05, 4.69) is 0 Å². The molecular weight excluding hydrogens is 248 g/mol. The lowest BCUT2D eigenvalue weighted by molar-refractivity contribution is -0.136. The molecule has 19 heavy (non-hydrogen) atoms. The molecule has 0 aliphatic carbocycles. The normalized spacial score (nSPS) is 10.2. The molecule has 0 fully saturated rings. The minimum Gasteiger partial charge on any atom is -0.481 e. The highest BCUT2D eigenvalue weighted by atomic mass is 16.5. The summed E-state index contributed by atoms with van der Waals surface area (Å²) in [7, 11) is 0. The van der Waals surface area contributed by atoms with Crippen LogP contribution in [0.3, 0.4) is 0 Å². The van der Waals surface area contributed by atoms with E-state index < -0.39 is 5.97 Å². The van der Waals surface area contributed by atoms with Crippen LogP contribution < -0.4 is 10.6 Å². The van der Waals surface area contributed by atoms with E-state index in [1.54, 1.807) is 31.2 Å². The topological polar surface area (TPSA) is 92.9 Å². The number of carboxylic acids is 1. The van der Waals surface area contributed by atoms with Crippen LogP contribution in [0.1, 0.15) is 13.3 Å². The molecule has 6 heteroatoms. The fourth-order valence-electron chi connectivity index (χ4n) is 1.59. The molecular formula is C13H18N2O4. The number of anilines is 2. The molecule has 1 aromatic carbocycles. The fraction of sp³-hybridized carbons (Fsp3) is 0.385. The third-order valence-corrected chi connectivity index (χ3v) is 2.51. The molecule has 0 radical (unpaired) electrons. The van der Waals surface area contributed by atoms with Gasteiger partial charge in [-0.2, -0.15) is 0 Å². The van der Waals surface area contributed by atoms with Gasteiger partial charge in [-0.25, -0.2) is 0 Å². The Kier molecular flexibility index (Phi) is 5.81. The number of nitrogens with two attached hydrogens (primary N) is 1. The molecule has 0 aliphatic rings. The lowest BCUT2D eigenvalue weighted by atomic mass is 10.2. The van der Waals surface area contributed by atoms with Crippen molar-refractivity contribution in [1.82, 2.24) is 0 Å². The van der Waals surface area contributed by atoms with Crippen molar-refractivity contribution in [3.63, 3.8) is 0 Å². The molecule has 0 saturated carbocycles. The van der Waals surface area contributed by atoms with Gasteiger partial charge >= 0.3 is 5.97 Å². The van der Waals surface area contributed by atoms with Gasteiger partial charge in [0.05, 0.1) is 17.8 Å². The number of ether oxygens (including phenoxy) is 1. The van der Waals surface area contributed by atoms with Gasteiger partial charge in [0.15, 0.2) is 0 Å². The maximum Gasteiger partial charge on any atom is 0.305 e. The molecule has 0 bridgehead atoms. The van der Waals surface area contributed by atoms with Gasteiger partial charge in [-0.3, -0.25) is 9.59 Å². The summed E-state index contributed by atoms with van der Waals surface area (Å²) in [5, 5.41) is 8.74. The number of carboxylic acid groups (broad SMARTS) is 1. The van der Waals surface area contributed by atoms with Crippen LogP contribution in [0.25, 0.3) is 0 Å². The van der Waals surface area contributed by atoms with E-state index in [-0.39, 0.29) is 25.5 Å². The van der Waals surface area contributed by atoms with E-state index in [0.717, 1.165) is 0 Å². The Labute approximate surface area is 111 Å². The standard InChI is InChI=1S/C13H18N2O4/c1-2-19-9-12(16)15(8-7-13(17)18)11-6-4-3-5-10(11)14/h3-6H,2,7-9,14H2,1H3,(H,17,18). The maximum atomic E-state index is 12.0. The van der Waals surface area contributed by atoms with Gasteiger partial charge in [0.1, 0.15) is 6.61 Å². The molecule has 104 valence electrons. The highest BCUT2D eigenvalue weighted by Gasteiger charge is 2.18. The zero-order valence-electron chi connectivity index (χ0n) is 10.8. The number of carbonyl (C=O) groups excluding carboxylic acids is 1. The van der Waals surface area contributed by atoms with E-state index in [4.69, 9.17) is 15.6 Å². The number of aliphatic carboxylic acids is 1. The van der Waals surface area contributed by atoms with Gasteiger partial charge in [0.25, 0.3) is 5.91 Å². The van der Waals surface area contributed by atoms with Crippen molar-refractivity contribution in [2.45, 2.75) is 13.3 Å². The minimum absolute atomic E-state index is 0.0649. The van der Waals surface area contributed by atoms with Crippen LogP contribution in [0.4, 0.5) is 11.4 Å². The number of hydrogen-bond acceptors (Lipinski definition) is 4. The maximum absolute atomic E-state index is 12.0. The second kappa shape index (κ2) is 7.38. The average Bonchev–Trinajstić information content (AvgIpc) is 2.38. The highest BCUT2D eigenvalue weighted by molar-refractivity contribution is 5.97. The summed E-state index contributed by atoms with van der Waals surface area (Å²) in [5.74, 6) is -1.27. The Morgan fingerprint density at radius 3 is 2.63 bits per heavy atom. The van der Waals surface area contributed by atoms with Gasteiger partial charge < -0.3 is 20.5 Å². The monoisotopic (exact) mass is 266 g/mol. The van der Waals surface area contributed by atoms with Gasteiger partial charge in [-0.1, -0.05) is 12.1 Å². The zero-order valence-corrected chi connectivity index (χ0v) is 10.8. The molecule has 3 N–H and O–H groups in total. The molecule has 1 aromatic rings. The first-order valence-corrected chi connectivity index (χ1v) is 6.00. The Balaban J connectivity index is 2.88. The summed E-state index contributed by atoms with van der Waals surface area (Å²) >= 11 is 0. The molecule has 6 nitrogen and oxygen atoms in total. The first kappa shape index (κ1) is 15.0. The number of hydrogen-bond donors (Lipinski definition) is 2. The molecule has 0 aliphatic heterocycles. The van der Waals surface area contributed by atoms with E-state index in [9.17, 15) is 9.59 Å². The predicted octanol–water partition coefficient (Wildman–Crippen LogP) is 1.11. The molecule has 0 unspecified atom stereocenters. The number of nitrogens with zero attached hydrogens (tertiary/aromatic N) is 1. The molecule has 0 atom stereocenters. The molecule has 1 rings (SSSR count). The lowest BCUT2D eigenvalue weighted by Gasteiger charge is -2.23. The van der Waals surface area contributed by atoms with Crippen LogP contribution >= 0.6 is 0 Å². The molecule has 1 amide bonds. The van der Waals surface area contributed by atoms with Crippen molar-refractivity contribution in [2.75, 3.05) is 30.4 Å². The van der Waals surface area contributed by atoms with E-state index in [0.29, 0.717) is 18.0 Å². The van der Waals surface area contributed by atoms with E-state index in [1.807, 2.05) is 0 Å². The van der Waals surface area contributed by atoms with Gasteiger partial charge in [-0.05, 0) is 19.1 Å². The molecule has 0 aromatic heterocycles. The Morgan fingerprint density at radius 2 is 2.05 bits per heavy atom. The summed E-state index contributed by atoms with van der Waals surface area (Å²) in [6.45, 7) is 2.18. The molecule has 0 saturated heterocycles. The SMILES string of the molecule is CCOCC(=O)N(CCC(=O)O)c1ccccc1N. The highest BCUT2D eigenvalue weighted by Crippen LogP contribution is 2.22. The van der Waals surface area contributed by atoms with Crippen molar-refractivity contribution in [3.8, 4) is 0 Å². The van der Waals surface area contributed by atoms with Crippen molar-refractivity contribution < 1.29 is 19.4 Å². The second-order valence-corrected chi connectivity index (χ2v) is 3.89. The van der Waals surface area contributed by atoms with Crippen molar-refractivity contribution in [3.05, 3.63) is 24.3 Å². The van der Waals surface area contributed by atoms with E-state index in [1.165, 1.54) is 4.90 Å². The summed E-state index contributed by atoms with van der Waals surface area (Å²) < 4.78 is 5.06. The largest absolute Gasteiger partial charge is 0.481 e. The Hall–Kier alpha value is -2.08. The average molecular weight is 266 g/mol. The van der Waals surface area contributed by atoms with Gasteiger partial charge in [0.2, 0.25) is 0 Å². The smallest absolute Gasteiger partial charge is 0.305 e. The summed E-state index contributed by atoms with van der Waals surface area (Å²) in [6, 6.07) is 6.84. The fourth-order valence-corrected chi connectivity index (χ4v) is 1.59. The third kappa shape index (κ3) is 4.59.